The summed E-state index contributed by atoms with van der Waals surface area (Å²) in [7, 11) is 0. The van der Waals surface area contributed by atoms with Crippen molar-refractivity contribution in [3.05, 3.63) is 45.9 Å². The van der Waals surface area contributed by atoms with Gasteiger partial charge in [-0.3, -0.25) is 0 Å². The van der Waals surface area contributed by atoms with Gasteiger partial charge in [-0.15, -0.1) is 47.0 Å². The fourth-order valence-electron chi connectivity index (χ4n) is 2.09. The van der Waals surface area contributed by atoms with Gasteiger partial charge in [0.25, 0.3) is 0 Å². The Hall–Kier alpha value is -1.76. The van der Waals surface area contributed by atoms with Crippen LogP contribution in [0.3, 0.4) is 0 Å². The molecule has 0 rings (SSSR count). The van der Waals surface area contributed by atoms with E-state index in [0.29, 0.717) is 12.8 Å². The molecule has 8 nitrogen and oxygen atoms in total. The van der Waals surface area contributed by atoms with Crippen LogP contribution in [0.2, 0.25) is 0 Å². The van der Waals surface area contributed by atoms with E-state index in [9.17, 15) is 19.2 Å². The molecule has 0 heterocycles. The highest BCUT2D eigenvalue weighted by Gasteiger charge is 2.01. The molecule has 0 atom stereocenters. The first kappa shape index (κ1) is 36.2. The molecular formula is C26H38O8S4. The summed E-state index contributed by atoms with van der Waals surface area (Å²) in [5.41, 5.74) is 0. The highest BCUT2D eigenvalue weighted by molar-refractivity contribution is 8.03. The average Bonchev–Trinajstić information content (AvgIpc) is 2.90. The lowest BCUT2D eigenvalue weighted by molar-refractivity contribution is -0.142. The number of unbranched alkanes of at least 4 members (excludes halogenated alkanes) is 1. The van der Waals surface area contributed by atoms with Crippen molar-refractivity contribution in [1.29, 1.82) is 0 Å². The second-order valence-electron chi connectivity index (χ2n) is 7.14. The fourth-order valence-corrected chi connectivity index (χ4v) is 4.63. The van der Waals surface area contributed by atoms with E-state index in [1.165, 1.54) is 59.6 Å². The lowest BCUT2D eigenvalue weighted by Crippen LogP contribution is -2.08. The van der Waals surface area contributed by atoms with Gasteiger partial charge in [-0.2, -0.15) is 0 Å². The van der Waals surface area contributed by atoms with Crippen LogP contribution in [0.25, 0.3) is 0 Å². The first-order valence-electron chi connectivity index (χ1n) is 12.2. The number of carbonyl (C=O) groups is 4. The van der Waals surface area contributed by atoms with Crippen molar-refractivity contribution >= 4 is 70.9 Å². The summed E-state index contributed by atoms with van der Waals surface area (Å²) in [4.78, 5) is 46.0. The molecule has 0 fully saturated rings. The van der Waals surface area contributed by atoms with E-state index in [1.807, 2.05) is 6.26 Å². The number of thioether (sulfide) groups is 4. The first-order valence-corrected chi connectivity index (χ1v) is 16.6. The van der Waals surface area contributed by atoms with E-state index in [2.05, 4.69) is 6.92 Å². The summed E-state index contributed by atoms with van der Waals surface area (Å²) < 4.78 is 20.1. The van der Waals surface area contributed by atoms with E-state index in [0.717, 1.165) is 36.5 Å². The van der Waals surface area contributed by atoms with Crippen molar-refractivity contribution in [3.63, 3.8) is 0 Å². The van der Waals surface area contributed by atoms with Crippen LogP contribution in [0, 0.1) is 0 Å². The van der Waals surface area contributed by atoms with Crippen LogP contribution < -0.4 is 0 Å². The molecule has 0 aliphatic heterocycles. The molecule has 0 saturated heterocycles. The third-order valence-corrected chi connectivity index (χ3v) is 6.90. The summed E-state index contributed by atoms with van der Waals surface area (Å²) in [6.07, 6.45) is 11.3. The molecular weight excluding hydrogens is 569 g/mol. The number of hydrogen-bond acceptors (Lipinski definition) is 12. The van der Waals surface area contributed by atoms with E-state index < -0.39 is 23.9 Å². The molecule has 0 aromatic heterocycles. The predicted molar refractivity (Wildman–Crippen MR) is 160 cm³/mol. The second-order valence-corrected chi connectivity index (χ2v) is 10.9. The van der Waals surface area contributed by atoms with Gasteiger partial charge in [0.2, 0.25) is 0 Å². The largest absolute Gasteiger partial charge is 0.462 e. The van der Waals surface area contributed by atoms with Crippen LogP contribution in [0.5, 0.6) is 0 Å². The molecule has 0 aromatic rings. The molecule has 12 heteroatoms. The quantitative estimate of drug-likeness (QED) is 0.0612. The zero-order chi connectivity index (χ0) is 28.1. The minimum atomic E-state index is -0.436. The van der Waals surface area contributed by atoms with Gasteiger partial charge in [0.15, 0.2) is 0 Å². The molecule has 214 valence electrons. The van der Waals surface area contributed by atoms with Gasteiger partial charge >= 0.3 is 23.9 Å². The van der Waals surface area contributed by atoms with Gasteiger partial charge in [0.1, 0.15) is 0 Å². The molecule has 0 aliphatic carbocycles. The molecule has 0 aliphatic rings. The predicted octanol–water partition coefficient (Wildman–Crippen LogP) is 5.75. The fraction of sp³-hybridized carbons (Fsp3) is 0.538. The summed E-state index contributed by atoms with van der Waals surface area (Å²) in [6, 6.07) is 0. The Morgan fingerprint density at radius 2 is 0.868 bits per heavy atom. The van der Waals surface area contributed by atoms with E-state index in [4.69, 9.17) is 18.9 Å². The van der Waals surface area contributed by atoms with Crippen LogP contribution in [-0.2, 0) is 38.1 Å². The maximum absolute atomic E-state index is 11.7. The Morgan fingerprint density at radius 3 is 1.21 bits per heavy atom. The van der Waals surface area contributed by atoms with E-state index in [-0.39, 0.29) is 26.4 Å². The molecule has 38 heavy (non-hydrogen) atoms. The zero-order valence-corrected chi connectivity index (χ0v) is 25.3. The third-order valence-electron chi connectivity index (χ3n) is 3.94. The summed E-state index contributed by atoms with van der Waals surface area (Å²) >= 11 is 5.98. The second kappa shape index (κ2) is 28.3. The molecule has 0 bridgehead atoms. The van der Waals surface area contributed by atoms with Gasteiger partial charge in [-0.1, -0.05) is 13.3 Å². The van der Waals surface area contributed by atoms with Gasteiger partial charge in [-0.25, -0.2) is 19.2 Å². The maximum atomic E-state index is 11.7. The third kappa shape index (κ3) is 27.3. The minimum Gasteiger partial charge on any atom is -0.462 e. The number of carbonyl (C=O) groups excluding carboxylic acids is 4. The SMILES string of the molecule is CCCCS/C=C/C(=O)OCCCOC(=O)/C=C/SCCCS/C=C\C(=O)OCCCOC(=O)/C=C\SC. The topological polar surface area (TPSA) is 105 Å². The summed E-state index contributed by atoms with van der Waals surface area (Å²) in [6.45, 7) is 2.88. The van der Waals surface area contributed by atoms with Crippen molar-refractivity contribution in [2.45, 2.75) is 39.0 Å². The smallest absolute Gasteiger partial charge is 0.331 e. The zero-order valence-electron chi connectivity index (χ0n) is 22.0. The first-order chi connectivity index (χ1) is 18.5. The van der Waals surface area contributed by atoms with Gasteiger partial charge < -0.3 is 18.9 Å². The number of rotatable bonds is 23. The van der Waals surface area contributed by atoms with Crippen molar-refractivity contribution in [2.75, 3.05) is 49.9 Å². The molecule has 0 amide bonds. The molecule has 0 unspecified atom stereocenters. The highest BCUT2D eigenvalue weighted by Crippen LogP contribution is 2.10. The van der Waals surface area contributed by atoms with E-state index in [1.54, 1.807) is 33.4 Å². The Bertz CT molecular complexity index is 781. The lowest BCUT2D eigenvalue weighted by atomic mass is 10.4. The van der Waals surface area contributed by atoms with Crippen LogP contribution in [0.15, 0.2) is 45.9 Å². The Labute approximate surface area is 243 Å². The average molecular weight is 607 g/mol. The molecule has 0 radical (unpaired) electrons. The normalized spacial score (nSPS) is 11.5. The minimum absolute atomic E-state index is 0.183. The van der Waals surface area contributed by atoms with Crippen LogP contribution >= 0.6 is 47.0 Å². The van der Waals surface area contributed by atoms with Crippen molar-refractivity contribution < 1.29 is 38.1 Å². The summed E-state index contributed by atoms with van der Waals surface area (Å²) in [5.74, 6) is 0.948. The van der Waals surface area contributed by atoms with Crippen LogP contribution in [-0.4, -0.2) is 73.8 Å². The Balaban J connectivity index is 3.59. The Morgan fingerprint density at radius 1 is 0.526 bits per heavy atom. The van der Waals surface area contributed by atoms with Gasteiger partial charge in [-0.05, 0) is 58.0 Å². The lowest BCUT2D eigenvalue weighted by Gasteiger charge is -2.03. The maximum Gasteiger partial charge on any atom is 0.331 e. The standard InChI is InChI=1S/C26H38O8S4/c1-3-4-16-36-20-9-24(28)32-14-6-15-34-26(30)11-22-38-18-7-17-37-21-10-25(29)33-13-5-12-31-23(27)8-19-35-2/h8-11,19-22H,3-7,12-18H2,1-2H3/b19-8-,20-9+,21-10-,22-11+. The van der Waals surface area contributed by atoms with Crippen LogP contribution in [0.4, 0.5) is 0 Å². The van der Waals surface area contributed by atoms with Gasteiger partial charge in [0.05, 0.1) is 26.4 Å². The molecule has 0 N–H and O–H groups in total. The highest BCUT2D eigenvalue weighted by atomic mass is 32.2. The number of esters is 4. The van der Waals surface area contributed by atoms with Crippen molar-refractivity contribution in [2.24, 2.45) is 0 Å². The molecule has 0 spiro atoms. The molecule has 0 aromatic carbocycles. The number of hydrogen-bond donors (Lipinski definition) is 0. The van der Waals surface area contributed by atoms with Crippen LogP contribution in [0.1, 0.15) is 39.0 Å². The van der Waals surface area contributed by atoms with E-state index >= 15 is 0 Å². The Kier molecular flexibility index (Phi) is 26.9. The van der Waals surface area contributed by atoms with Crippen molar-refractivity contribution in [1.82, 2.24) is 0 Å². The summed E-state index contributed by atoms with van der Waals surface area (Å²) in [5, 5.41) is 6.76. The van der Waals surface area contributed by atoms with Gasteiger partial charge in [0, 0.05) is 37.1 Å². The molecule has 0 saturated carbocycles. The van der Waals surface area contributed by atoms with Crippen molar-refractivity contribution in [3.8, 4) is 0 Å². The monoisotopic (exact) mass is 606 g/mol. The number of ether oxygens (including phenoxy) is 4.